The topological polar surface area (TPSA) is 38.5 Å². The number of nitrogens with zero attached hydrogens (tertiary/aromatic N) is 5. The van der Waals surface area contributed by atoms with E-state index in [1.165, 1.54) is 16.8 Å². The second-order valence-electron chi connectivity index (χ2n) is 17.4. The van der Waals surface area contributed by atoms with Crippen molar-refractivity contribution in [2.75, 3.05) is 9.80 Å². The van der Waals surface area contributed by atoms with Gasteiger partial charge >= 0.3 is 0 Å². The van der Waals surface area contributed by atoms with Crippen LogP contribution in [0.15, 0.2) is 249 Å². The molecule has 1 aliphatic rings. The molecule has 13 aromatic rings. The van der Waals surface area contributed by atoms with Crippen molar-refractivity contribution in [3.63, 3.8) is 0 Å². The van der Waals surface area contributed by atoms with Crippen molar-refractivity contribution in [2.24, 2.45) is 0 Å². The molecule has 6 nitrogen and oxygen atoms in total. The average Bonchev–Trinajstić information content (AvgIpc) is 3.98. The van der Waals surface area contributed by atoms with Crippen LogP contribution in [0.5, 0.6) is 11.5 Å². The normalized spacial score (nSPS) is 13.9. The molecule has 1 aliphatic heterocycles. The Bertz CT molecular complexity index is 4720. The van der Waals surface area contributed by atoms with E-state index in [9.17, 15) is 0 Å². The molecule has 0 fully saturated rings. The van der Waals surface area contributed by atoms with Crippen LogP contribution in [-0.2, 0) is 21.1 Å². The molecule has 4 heterocycles. The van der Waals surface area contributed by atoms with Gasteiger partial charge in [0.15, 0.2) is 0 Å². The first-order valence-electron chi connectivity index (χ1n) is 27.9. The van der Waals surface area contributed by atoms with Crippen molar-refractivity contribution in [3.05, 3.63) is 267 Å². The summed E-state index contributed by atoms with van der Waals surface area (Å²) in [5, 5.41) is 4.33. The largest absolute Gasteiger partial charge is 0.509 e. The third kappa shape index (κ3) is 7.58. The van der Waals surface area contributed by atoms with Gasteiger partial charge in [0.1, 0.15) is 5.82 Å². The molecule has 14 rings (SSSR count). The number of para-hydroxylation sites is 5. The Labute approximate surface area is 450 Å². The van der Waals surface area contributed by atoms with Gasteiger partial charge in [0.2, 0.25) is 0 Å². The van der Waals surface area contributed by atoms with E-state index < -0.39 is 42.3 Å². The molecule has 0 aliphatic carbocycles. The predicted octanol–water partition coefficient (Wildman–Crippen LogP) is 17.1. The van der Waals surface area contributed by atoms with Crippen LogP contribution in [0.3, 0.4) is 0 Å². The van der Waals surface area contributed by atoms with Crippen LogP contribution in [0.25, 0.3) is 88.5 Å². The average molecular weight is 1130 g/mol. The Morgan fingerprint density at radius 3 is 1.89 bits per heavy atom. The third-order valence-corrected chi connectivity index (χ3v) is 13.3. The van der Waals surface area contributed by atoms with Crippen LogP contribution < -0.4 is 14.5 Å². The van der Waals surface area contributed by atoms with E-state index >= 15 is 0 Å². The number of benzene rings is 10. The molecule has 0 radical (unpaired) electrons. The maximum Gasteiger partial charge on any atom is 0.135 e. The van der Waals surface area contributed by atoms with Crippen molar-refractivity contribution in [3.8, 4) is 56.4 Å². The van der Waals surface area contributed by atoms with E-state index in [1.54, 1.807) is 31.1 Å². The first-order valence-corrected chi connectivity index (χ1v) is 23.4. The summed E-state index contributed by atoms with van der Waals surface area (Å²) in [6.45, 7) is 1.79. The molecule has 0 amide bonds. The van der Waals surface area contributed by atoms with Crippen LogP contribution in [0.4, 0.5) is 22.7 Å². The van der Waals surface area contributed by atoms with Gasteiger partial charge in [-0.15, -0.1) is 48.1 Å². The number of hydrogen-bond donors (Lipinski definition) is 0. The van der Waals surface area contributed by atoms with E-state index in [0.717, 1.165) is 55.5 Å². The quantitative estimate of drug-likeness (QED) is 0.135. The molecule has 0 spiro atoms. The number of ether oxygens (including phenoxy) is 1. The first kappa shape index (κ1) is 35.2. The summed E-state index contributed by atoms with van der Waals surface area (Å²) >= 11 is 0. The van der Waals surface area contributed by atoms with Gasteiger partial charge in [0.25, 0.3) is 0 Å². The minimum Gasteiger partial charge on any atom is -0.509 e. The number of fused-ring (bicyclic) bond motifs is 7. The van der Waals surface area contributed by atoms with Gasteiger partial charge in [-0.2, -0.15) is 12.1 Å². The fourth-order valence-electron chi connectivity index (χ4n) is 10.2. The Balaban J connectivity index is 0.00000631. The molecule has 10 aromatic carbocycles. The van der Waals surface area contributed by atoms with Crippen molar-refractivity contribution in [2.45, 2.75) is 0 Å². The molecule has 73 heavy (non-hydrogen) atoms. The molecule has 0 unspecified atom stereocenters. The van der Waals surface area contributed by atoms with Crippen molar-refractivity contribution in [1.82, 2.24) is 14.1 Å². The van der Waals surface area contributed by atoms with Gasteiger partial charge in [-0.3, -0.25) is 0 Å². The van der Waals surface area contributed by atoms with E-state index in [0.29, 0.717) is 39.8 Å². The summed E-state index contributed by atoms with van der Waals surface area (Å²) in [5.41, 5.74) is 10.2. The van der Waals surface area contributed by atoms with E-state index in [2.05, 4.69) is 106 Å². The Morgan fingerprint density at radius 2 is 1.10 bits per heavy atom. The summed E-state index contributed by atoms with van der Waals surface area (Å²) in [6, 6.07) is 64.7. The van der Waals surface area contributed by atoms with Gasteiger partial charge in [-0.25, -0.2) is 4.98 Å². The van der Waals surface area contributed by atoms with Gasteiger partial charge in [0, 0.05) is 88.9 Å². The Hall–Kier alpha value is -8.96. The Kier molecular flexibility index (Phi) is 8.84. The maximum absolute atomic E-state index is 9.06. The van der Waals surface area contributed by atoms with Gasteiger partial charge in [0.05, 0.1) is 23.4 Å². The minimum absolute atomic E-state index is 0. The second kappa shape index (κ2) is 18.3. The standard InChI is InChI=1S/C66H42N5O.Pt/c1-4-18-45(19-5-1)53-27-17-28-54(46-20-6-2-7-21-46)66(53)69-44-68(62-30-12-13-31-63(62)69)50-24-16-25-51(42-50)72-52-35-36-56-58-41-48(34-38-61(58)71(64(56)43-52)65-32-14-15-39-67-65)47-33-37-60-57(40-47)55-26-10-11-29-59(55)70(60)49-22-8-3-9-23-49;/h1-41,44H;/q-3;/i1D,2D,4D,5D,6D,7D,18D,19D,20D;. The van der Waals surface area contributed by atoms with Crippen molar-refractivity contribution >= 4 is 66.4 Å². The predicted molar refractivity (Wildman–Crippen MR) is 295 cm³/mol. The van der Waals surface area contributed by atoms with Gasteiger partial charge in [-0.05, 0) is 88.3 Å². The number of rotatable bonds is 9. The summed E-state index contributed by atoms with van der Waals surface area (Å²) < 4.78 is 89.4. The smallest absolute Gasteiger partial charge is 0.135 e. The Morgan fingerprint density at radius 1 is 0.452 bits per heavy atom. The van der Waals surface area contributed by atoms with Crippen LogP contribution in [0, 0.1) is 18.8 Å². The summed E-state index contributed by atoms with van der Waals surface area (Å²) in [6.07, 6.45) is 1.77. The molecule has 3 aromatic heterocycles. The summed E-state index contributed by atoms with van der Waals surface area (Å²) in [4.78, 5) is 8.50. The van der Waals surface area contributed by atoms with Crippen LogP contribution >= 0.6 is 0 Å². The molecular weight excluding hydrogens is 1070 g/mol. The van der Waals surface area contributed by atoms with Crippen molar-refractivity contribution < 1.29 is 38.1 Å². The summed E-state index contributed by atoms with van der Waals surface area (Å²) in [7, 11) is 0. The van der Waals surface area contributed by atoms with E-state index in [1.807, 2.05) is 88.7 Å². The zero-order valence-corrected chi connectivity index (χ0v) is 40.8. The van der Waals surface area contributed by atoms with Crippen LogP contribution in [0.1, 0.15) is 12.3 Å². The zero-order chi connectivity index (χ0) is 55.4. The number of pyridine rings is 1. The molecule has 7 heteroatoms. The van der Waals surface area contributed by atoms with Gasteiger partial charge < -0.3 is 23.7 Å². The van der Waals surface area contributed by atoms with Gasteiger partial charge in [-0.1, -0.05) is 157 Å². The number of hydrogen-bond acceptors (Lipinski definition) is 4. The SMILES string of the molecule is [2H]c1cc(-c2cccc(-c3c([2H])c([2H])c([2H])c([2H])c3[2H])c2N2[CH-]N(c3[c-]c(Oc4[c-]c5c(cc4)c4cc(-c6ccc7c(c6)c6ccccc6n7-c6ccccc6)ccc4n5-c4ccccn4)ccc3)c3ccccc32)c([2H])c([2H])c1[2H].[Pt]. The second-order valence-corrected chi connectivity index (χ2v) is 17.4. The molecule has 0 saturated carbocycles. The zero-order valence-electron chi connectivity index (χ0n) is 47.5. The molecule has 0 saturated heterocycles. The number of aromatic nitrogens is 3. The minimum atomic E-state index is -0.540. The molecule has 0 bridgehead atoms. The fraction of sp³-hybridized carbons (Fsp3) is 0. The summed E-state index contributed by atoms with van der Waals surface area (Å²) in [5.74, 6) is 1.55. The van der Waals surface area contributed by atoms with Crippen LogP contribution in [-0.4, -0.2) is 14.1 Å². The fourth-order valence-corrected chi connectivity index (χ4v) is 10.2. The molecule has 0 N–H and O–H groups in total. The van der Waals surface area contributed by atoms with E-state index in [-0.39, 0.29) is 49.8 Å². The number of anilines is 4. The van der Waals surface area contributed by atoms with Crippen LogP contribution in [0.2, 0.25) is 0 Å². The molecular formula is C66H42N5OPt-3. The van der Waals surface area contributed by atoms with Crippen molar-refractivity contribution in [1.29, 1.82) is 0 Å². The molecule has 350 valence electrons. The third-order valence-electron chi connectivity index (χ3n) is 13.3. The monoisotopic (exact) mass is 1120 g/mol. The molecule has 0 atom stereocenters. The van der Waals surface area contributed by atoms with E-state index in [4.69, 9.17) is 22.1 Å². The first-order chi connectivity index (χ1) is 39.4. The maximum atomic E-state index is 9.06.